The zero-order chi connectivity index (χ0) is 12.0. The van der Waals surface area contributed by atoms with Crippen molar-refractivity contribution in [2.24, 2.45) is 0 Å². The normalized spacial score (nSPS) is 8.88. The number of anilines is 1. The highest BCUT2D eigenvalue weighted by Crippen LogP contribution is 2.25. The lowest BCUT2D eigenvalue weighted by atomic mass is 10.2. The fourth-order valence-corrected chi connectivity index (χ4v) is 1.17. The number of nitro benzene ring substituents is 1. The Morgan fingerprint density at radius 1 is 1.56 bits per heavy atom. The van der Waals surface area contributed by atoms with Gasteiger partial charge in [0.2, 0.25) is 0 Å². The fourth-order valence-electron chi connectivity index (χ4n) is 1.17. The van der Waals surface area contributed by atoms with Gasteiger partial charge in [-0.05, 0) is 12.1 Å². The van der Waals surface area contributed by atoms with Gasteiger partial charge in [-0.2, -0.15) is 5.26 Å². The molecule has 0 spiro atoms. The molecule has 5 heteroatoms. The summed E-state index contributed by atoms with van der Waals surface area (Å²) in [6.45, 7) is 0.462. The van der Waals surface area contributed by atoms with Crippen LogP contribution in [0.15, 0.2) is 18.2 Å². The zero-order valence-electron chi connectivity index (χ0n) is 8.43. The summed E-state index contributed by atoms with van der Waals surface area (Å²) in [5.41, 5.74) is 0.518. The lowest BCUT2D eigenvalue weighted by Gasteiger charge is -2.04. The molecule has 0 saturated carbocycles. The molecular formula is C11H9N3O2. The topological polar surface area (TPSA) is 79.0 Å². The van der Waals surface area contributed by atoms with Gasteiger partial charge in [0.25, 0.3) is 5.69 Å². The second-order valence-corrected chi connectivity index (χ2v) is 2.98. The minimum atomic E-state index is -0.529. The minimum absolute atomic E-state index is 0.115. The highest BCUT2D eigenvalue weighted by molar-refractivity contribution is 5.64. The van der Waals surface area contributed by atoms with Crippen LogP contribution >= 0.6 is 0 Å². The first-order valence-corrected chi connectivity index (χ1v) is 4.55. The van der Waals surface area contributed by atoms with Crippen LogP contribution < -0.4 is 5.32 Å². The Morgan fingerprint density at radius 2 is 2.31 bits per heavy atom. The summed E-state index contributed by atoms with van der Waals surface area (Å²) in [4.78, 5) is 10.2. The summed E-state index contributed by atoms with van der Waals surface area (Å²) in [5.74, 6) is 2.42. The molecule has 1 rings (SSSR count). The summed E-state index contributed by atoms with van der Waals surface area (Å²) < 4.78 is 0. The van der Waals surface area contributed by atoms with E-state index in [1.165, 1.54) is 18.2 Å². The Hall–Kier alpha value is -2.53. The molecule has 0 aliphatic rings. The van der Waals surface area contributed by atoms with Crippen LogP contribution in [0.1, 0.15) is 12.0 Å². The summed E-state index contributed by atoms with van der Waals surface area (Å²) in [7, 11) is 0. The van der Waals surface area contributed by atoms with Crippen molar-refractivity contribution in [1.29, 1.82) is 5.26 Å². The van der Waals surface area contributed by atoms with Crippen molar-refractivity contribution in [2.75, 3.05) is 11.9 Å². The van der Waals surface area contributed by atoms with Gasteiger partial charge in [0.15, 0.2) is 0 Å². The van der Waals surface area contributed by atoms with Gasteiger partial charge >= 0.3 is 0 Å². The highest BCUT2D eigenvalue weighted by atomic mass is 16.6. The van der Waals surface area contributed by atoms with Gasteiger partial charge in [0.05, 0.1) is 16.6 Å². The third-order valence-corrected chi connectivity index (χ3v) is 1.91. The SMILES string of the molecule is C#CCCNc1ccc(C#N)cc1[N+](=O)[O-]. The lowest BCUT2D eigenvalue weighted by Crippen LogP contribution is -2.03. The van der Waals surface area contributed by atoms with E-state index in [0.717, 1.165) is 0 Å². The average molecular weight is 215 g/mol. The molecule has 0 fully saturated rings. The Kier molecular flexibility index (Phi) is 3.88. The van der Waals surface area contributed by atoms with Crippen molar-refractivity contribution in [3.05, 3.63) is 33.9 Å². The molecule has 16 heavy (non-hydrogen) atoms. The number of hydrogen-bond acceptors (Lipinski definition) is 4. The van der Waals surface area contributed by atoms with Crippen molar-refractivity contribution >= 4 is 11.4 Å². The molecule has 0 amide bonds. The van der Waals surface area contributed by atoms with Crippen molar-refractivity contribution in [1.82, 2.24) is 0 Å². The first-order chi connectivity index (χ1) is 7.69. The number of nitrogens with zero attached hydrogens (tertiary/aromatic N) is 2. The van der Waals surface area contributed by atoms with Crippen molar-refractivity contribution in [3.8, 4) is 18.4 Å². The monoisotopic (exact) mass is 215 g/mol. The molecule has 0 radical (unpaired) electrons. The van der Waals surface area contributed by atoms with E-state index in [1.807, 2.05) is 6.07 Å². The summed E-state index contributed by atoms with van der Waals surface area (Å²) in [6, 6.07) is 6.11. The number of nitrogens with one attached hydrogen (secondary N) is 1. The maximum atomic E-state index is 10.7. The maximum Gasteiger partial charge on any atom is 0.293 e. The molecule has 0 aliphatic carbocycles. The Bertz CT molecular complexity index is 483. The molecule has 1 N–H and O–H groups in total. The first kappa shape index (κ1) is 11.5. The van der Waals surface area contributed by atoms with Crippen molar-refractivity contribution in [2.45, 2.75) is 6.42 Å². The van der Waals surface area contributed by atoms with Crippen LogP contribution in [-0.2, 0) is 0 Å². The second kappa shape index (κ2) is 5.38. The van der Waals surface area contributed by atoms with Crippen LogP contribution in [0, 0.1) is 33.8 Å². The molecular weight excluding hydrogens is 206 g/mol. The second-order valence-electron chi connectivity index (χ2n) is 2.98. The molecule has 0 saturated heterocycles. The fraction of sp³-hybridized carbons (Fsp3) is 0.182. The zero-order valence-corrected chi connectivity index (χ0v) is 8.43. The third kappa shape index (κ3) is 2.73. The largest absolute Gasteiger partial charge is 0.379 e. The standard InChI is InChI=1S/C11H9N3O2/c1-2-3-6-13-10-5-4-9(8-12)7-11(10)14(15)16/h1,4-5,7,13H,3,6H2. The van der Waals surface area contributed by atoms with Crippen LogP contribution in [0.2, 0.25) is 0 Å². The van der Waals surface area contributed by atoms with E-state index in [4.69, 9.17) is 11.7 Å². The van der Waals surface area contributed by atoms with E-state index in [-0.39, 0.29) is 11.3 Å². The van der Waals surface area contributed by atoms with Gasteiger partial charge in [0, 0.05) is 19.0 Å². The van der Waals surface area contributed by atoms with Crippen LogP contribution in [0.3, 0.4) is 0 Å². The Balaban J connectivity index is 2.96. The van der Waals surface area contributed by atoms with Crippen LogP contribution in [0.25, 0.3) is 0 Å². The molecule has 0 bridgehead atoms. The van der Waals surface area contributed by atoms with Crippen LogP contribution in [0.4, 0.5) is 11.4 Å². The smallest absolute Gasteiger partial charge is 0.293 e. The third-order valence-electron chi connectivity index (χ3n) is 1.91. The maximum absolute atomic E-state index is 10.7. The highest BCUT2D eigenvalue weighted by Gasteiger charge is 2.13. The van der Waals surface area contributed by atoms with E-state index in [2.05, 4.69) is 11.2 Å². The molecule has 0 aromatic heterocycles. The van der Waals surface area contributed by atoms with Crippen molar-refractivity contribution in [3.63, 3.8) is 0 Å². The van der Waals surface area contributed by atoms with Crippen LogP contribution in [-0.4, -0.2) is 11.5 Å². The van der Waals surface area contributed by atoms with E-state index in [9.17, 15) is 10.1 Å². The molecule has 0 unspecified atom stereocenters. The van der Waals surface area contributed by atoms with Gasteiger partial charge in [-0.25, -0.2) is 0 Å². The van der Waals surface area contributed by atoms with Crippen molar-refractivity contribution < 1.29 is 4.92 Å². The number of terminal acetylenes is 1. The number of nitro groups is 1. The molecule has 80 valence electrons. The molecule has 0 atom stereocenters. The molecule has 0 heterocycles. The van der Waals surface area contributed by atoms with Gasteiger partial charge in [0.1, 0.15) is 5.69 Å². The van der Waals surface area contributed by atoms with E-state index < -0.39 is 4.92 Å². The molecule has 0 aliphatic heterocycles. The Morgan fingerprint density at radius 3 is 2.88 bits per heavy atom. The quantitative estimate of drug-likeness (QED) is 0.360. The molecule has 1 aromatic rings. The molecule has 1 aromatic carbocycles. The van der Waals surface area contributed by atoms with E-state index in [0.29, 0.717) is 18.7 Å². The lowest BCUT2D eigenvalue weighted by molar-refractivity contribution is -0.384. The van der Waals surface area contributed by atoms with Gasteiger partial charge in [-0.1, -0.05) is 0 Å². The van der Waals surface area contributed by atoms with Gasteiger partial charge in [-0.15, -0.1) is 12.3 Å². The van der Waals surface area contributed by atoms with E-state index >= 15 is 0 Å². The minimum Gasteiger partial charge on any atom is -0.379 e. The Labute approximate surface area is 92.9 Å². The summed E-state index contributed by atoms with van der Waals surface area (Å²) in [5, 5.41) is 22.2. The average Bonchev–Trinajstić information content (AvgIpc) is 2.29. The predicted molar refractivity (Wildman–Crippen MR) is 59.8 cm³/mol. The molecule has 5 nitrogen and oxygen atoms in total. The number of benzene rings is 1. The summed E-state index contributed by atoms with van der Waals surface area (Å²) in [6.07, 6.45) is 5.55. The number of nitriles is 1. The first-order valence-electron chi connectivity index (χ1n) is 4.55. The summed E-state index contributed by atoms with van der Waals surface area (Å²) >= 11 is 0. The van der Waals surface area contributed by atoms with Crippen LogP contribution in [0.5, 0.6) is 0 Å². The number of hydrogen-bond donors (Lipinski definition) is 1. The predicted octanol–water partition coefficient (Wildman–Crippen LogP) is 1.90. The van der Waals surface area contributed by atoms with Gasteiger partial charge < -0.3 is 5.32 Å². The van der Waals surface area contributed by atoms with Gasteiger partial charge in [-0.3, -0.25) is 10.1 Å². The number of rotatable bonds is 4. The van der Waals surface area contributed by atoms with E-state index in [1.54, 1.807) is 0 Å².